The number of aliphatic hydroxyl groups excluding tert-OH is 1. The van der Waals surface area contributed by atoms with Gasteiger partial charge in [-0.1, -0.05) is 32.9 Å². The number of phenols is 1. The van der Waals surface area contributed by atoms with E-state index in [0.717, 1.165) is 5.56 Å². The SMILES string of the molecule is Cc1ccc([C@@H](N)[C@@H](O)C(C)(C)C)c(O)c1. The summed E-state index contributed by atoms with van der Waals surface area (Å²) in [6.45, 7) is 7.66. The summed E-state index contributed by atoms with van der Waals surface area (Å²) in [4.78, 5) is 0. The van der Waals surface area contributed by atoms with E-state index in [2.05, 4.69) is 0 Å². The van der Waals surface area contributed by atoms with Gasteiger partial charge in [-0.3, -0.25) is 0 Å². The van der Waals surface area contributed by atoms with E-state index in [1.54, 1.807) is 12.1 Å². The number of benzene rings is 1. The lowest BCUT2D eigenvalue weighted by Gasteiger charge is -2.31. The molecule has 0 heterocycles. The molecule has 1 aromatic carbocycles. The summed E-state index contributed by atoms with van der Waals surface area (Å²) in [5.41, 5.74) is 7.22. The van der Waals surface area contributed by atoms with Gasteiger partial charge in [-0.2, -0.15) is 0 Å². The van der Waals surface area contributed by atoms with Crippen LogP contribution >= 0.6 is 0 Å². The minimum Gasteiger partial charge on any atom is -0.508 e. The van der Waals surface area contributed by atoms with Gasteiger partial charge in [0.15, 0.2) is 0 Å². The molecular formula is C13H21NO2. The Hall–Kier alpha value is -1.06. The van der Waals surface area contributed by atoms with Gasteiger partial charge in [-0.25, -0.2) is 0 Å². The second-order valence-electron chi connectivity index (χ2n) is 5.40. The normalized spacial score (nSPS) is 15.9. The summed E-state index contributed by atoms with van der Waals surface area (Å²) in [5, 5.41) is 19.9. The van der Waals surface area contributed by atoms with Crippen LogP contribution in [0, 0.1) is 12.3 Å². The Morgan fingerprint density at radius 1 is 1.25 bits per heavy atom. The van der Waals surface area contributed by atoms with E-state index in [9.17, 15) is 10.2 Å². The molecule has 0 bridgehead atoms. The van der Waals surface area contributed by atoms with Gasteiger partial charge in [0.1, 0.15) is 5.75 Å². The van der Waals surface area contributed by atoms with Crippen LogP contribution in [0.25, 0.3) is 0 Å². The Morgan fingerprint density at radius 3 is 2.25 bits per heavy atom. The van der Waals surface area contributed by atoms with Crippen LogP contribution in [0.3, 0.4) is 0 Å². The van der Waals surface area contributed by atoms with E-state index < -0.39 is 12.1 Å². The van der Waals surface area contributed by atoms with Crippen molar-refractivity contribution in [1.29, 1.82) is 0 Å². The maximum Gasteiger partial charge on any atom is 0.120 e. The van der Waals surface area contributed by atoms with Crippen LogP contribution < -0.4 is 5.73 Å². The molecule has 3 heteroatoms. The van der Waals surface area contributed by atoms with Crippen molar-refractivity contribution in [2.75, 3.05) is 0 Å². The molecule has 0 aliphatic heterocycles. The monoisotopic (exact) mass is 223 g/mol. The number of aliphatic hydroxyl groups is 1. The lowest BCUT2D eigenvalue weighted by Crippen LogP contribution is -2.37. The molecule has 0 spiro atoms. The van der Waals surface area contributed by atoms with Crippen molar-refractivity contribution in [3.63, 3.8) is 0 Å². The van der Waals surface area contributed by atoms with Crippen molar-refractivity contribution in [3.8, 4) is 5.75 Å². The van der Waals surface area contributed by atoms with Crippen molar-refractivity contribution in [2.24, 2.45) is 11.1 Å². The first-order valence-corrected chi connectivity index (χ1v) is 5.46. The molecule has 0 fully saturated rings. The molecule has 90 valence electrons. The molecule has 0 saturated heterocycles. The summed E-state index contributed by atoms with van der Waals surface area (Å²) in [6.07, 6.45) is -0.693. The highest BCUT2D eigenvalue weighted by atomic mass is 16.3. The van der Waals surface area contributed by atoms with E-state index in [-0.39, 0.29) is 11.2 Å². The molecular weight excluding hydrogens is 202 g/mol. The van der Waals surface area contributed by atoms with Crippen molar-refractivity contribution in [3.05, 3.63) is 29.3 Å². The average molecular weight is 223 g/mol. The fourth-order valence-electron chi connectivity index (χ4n) is 1.64. The number of aryl methyl sites for hydroxylation is 1. The highest BCUT2D eigenvalue weighted by molar-refractivity contribution is 5.38. The lowest BCUT2D eigenvalue weighted by molar-refractivity contribution is 0.0395. The number of phenolic OH excluding ortho intramolecular Hbond substituents is 1. The van der Waals surface area contributed by atoms with Crippen molar-refractivity contribution >= 4 is 0 Å². The van der Waals surface area contributed by atoms with E-state index in [0.29, 0.717) is 5.56 Å². The van der Waals surface area contributed by atoms with Crippen LogP contribution in [0.1, 0.15) is 37.9 Å². The third-order valence-corrected chi connectivity index (χ3v) is 2.77. The van der Waals surface area contributed by atoms with Gasteiger partial charge in [0.05, 0.1) is 12.1 Å². The van der Waals surface area contributed by atoms with Gasteiger partial charge >= 0.3 is 0 Å². The summed E-state index contributed by atoms with van der Waals surface area (Å²) < 4.78 is 0. The van der Waals surface area contributed by atoms with Crippen LogP contribution in [-0.2, 0) is 0 Å². The van der Waals surface area contributed by atoms with Gasteiger partial charge < -0.3 is 15.9 Å². The second kappa shape index (κ2) is 4.44. The highest BCUT2D eigenvalue weighted by Crippen LogP contribution is 2.32. The largest absolute Gasteiger partial charge is 0.508 e. The molecule has 0 aliphatic rings. The third kappa shape index (κ3) is 2.74. The summed E-state index contributed by atoms with van der Waals surface area (Å²) >= 11 is 0. The number of hydrogen-bond acceptors (Lipinski definition) is 3. The van der Waals surface area contributed by atoms with E-state index >= 15 is 0 Å². The fraction of sp³-hybridized carbons (Fsp3) is 0.538. The van der Waals surface area contributed by atoms with Gasteiger partial charge in [0.25, 0.3) is 0 Å². The highest BCUT2D eigenvalue weighted by Gasteiger charge is 2.30. The average Bonchev–Trinajstić information content (AvgIpc) is 2.14. The first-order valence-electron chi connectivity index (χ1n) is 5.46. The maximum absolute atomic E-state index is 10.1. The quantitative estimate of drug-likeness (QED) is 0.719. The Balaban J connectivity index is 3.01. The molecule has 1 aromatic rings. The zero-order valence-electron chi connectivity index (χ0n) is 10.4. The van der Waals surface area contributed by atoms with Gasteiger partial charge in [-0.15, -0.1) is 0 Å². The van der Waals surface area contributed by atoms with Crippen LogP contribution in [0.2, 0.25) is 0 Å². The molecule has 16 heavy (non-hydrogen) atoms. The van der Waals surface area contributed by atoms with Crippen LogP contribution in [0.5, 0.6) is 5.75 Å². The van der Waals surface area contributed by atoms with Gasteiger partial charge in [0, 0.05) is 5.56 Å². The third-order valence-electron chi connectivity index (χ3n) is 2.77. The second-order valence-corrected chi connectivity index (χ2v) is 5.40. The minimum atomic E-state index is -0.693. The predicted octanol–water partition coefficient (Wildman–Crippen LogP) is 2.11. The smallest absolute Gasteiger partial charge is 0.120 e. The maximum atomic E-state index is 10.1. The lowest BCUT2D eigenvalue weighted by atomic mass is 9.82. The molecule has 0 unspecified atom stereocenters. The van der Waals surface area contributed by atoms with Crippen LogP contribution in [0.4, 0.5) is 0 Å². The molecule has 0 radical (unpaired) electrons. The van der Waals surface area contributed by atoms with Crippen molar-refractivity contribution < 1.29 is 10.2 Å². The Morgan fingerprint density at radius 2 is 1.81 bits per heavy atom. The predicted molar refractivity (Wildman–Crippen MR) is 65.2 cm³/mol. The van der Waals surface area contributed by atoms with E-state index in [4.69, 9.17) is 5.73 Å². The van der Waals surface area contributed by atoms with Gasteiger partial charge in [0.2, 0.25) is 0 Å². The Bertz CT molecular complexity index is 369. The van der Waals surface area contributed by atoms with E-state index in [1.165, 1.54) is 0 Å². The summed E-state index contributed by atoms with van der Waals surface area (Å²) in [6, 6.07) is 4.74. The van der Waals surface area contributed by atoms with Crippen molar-refractivity contribution in [2.45, 2.75) is 39.8 Å². The summed E-state index contributed by atoms with van der Waals surface area (Å²) in [5.74, 6) is 0.149. The topological polar surface area (TPSA) is 66.5 Å². The van der Waals surface area contributed by atoms with Gasteiger partial charge in [-0.05, 0) is 24.0 Å². The van der Waals surface area contributed by atoms with Crippen LogP contribution in [0.15, 0.2) is 18.2 Å². The number of hydrogen-bond donors (Lipinski definition) is 3. The molecule has 0 aliphatic carbocycles. The first-order chi connectivity index (χ1) is 7.23. The number of rotatable bonds is 2. The zero-order chi connectivity index (χ0) is 12.5. The first kappa shape index (κ1) is 13.0. The number of nitrogens with two attached hydrogens (primary N) is 1. The minimum absolute atomic E-state index is 0.149. The van der Waals surface area contributed by atoms with E-state index in [1.807, 2.05) is 33.8 Å². The molecule has 0 saturated carbocycles. The molecule has 1 rings (SSSR count). The zero-order valence-corrected chi connectivity index (χ0v) is 10.4. The van der Waals surface area contributed by atoms with Crippen molar-refractivity contribution in [1.82, 2.24) is 0 Å². The Kier molecular flexibility index (Phi) is 3.61. The molecule has 4 N–H and O–H groups in total. The number of aromatic hydroxyl groups is 1. The standard InChI is InChI=1S/C13H21NO2/c1-8-5-6-9(10(15)7-8)11(14)12(16)13(2,3)4/h5-7,11-12,15-16H,14H2,1-4H3/t11-,12-/m1/s1. The fourth-order valence-corrected chi connectivity index (χ4v) is 1.64. The molecule has 0 aromatic heterocycles. The molecule has 0 amide bonds. The molecule has 2 atom stereocenters. The Labute approximate surface area is 96.9 Å². The van der Waals surface area contributed by atoms with Crippen LogP contribution in [-0.4, -0.2) is 16.3 Å². The summed E-state index contributed by atoms with van der Waals surface area (Å²) in [7, 11) is 0. The molecule has 3 nitrogen and oxygen atoms in total.